The summed E-state index contributed by atoms with van der Waals surface area (Å²) >= 11 is 0. The number of aryl methyl sites for hydroxylation is 1. The second-order valence-corrected chi connectivity index (χ2v) is 9.01. The maximum absolute atomic E-state index is 13.7. The molecule has 0 radical (unpaired) electrons. The van der Waals surface area contributed by atoms with Gasteiger partial charge in [0.05, 0.1) is 29.8 Å². The smallest absolute Gasteiger partial charge is 0.257 e. The molecular formula is C26H27N5O3. The molecule has 1 atom stereocenters. The number of imidazole rings is 1. The van der Waals surface area contributed by atoms with Gasteiger partial charge in [-0.3, -0.25) is 9.48 Å². The van der Waals surface area contributed by atoms with Crippen LogP contribution in [0.3, 0.4) is 0 Å². The molecule has 34 heavy (non-hydrogen) atoms. The van der Waals surface area contributed by atoms with E-state index in [1.165, 1.54) is 0 Å². The number of ether oxygens (including phenoxy) is 2. The fourth-order valence-electron chi connectivity index (χ4n) is 4.89. The molecular weight excluding hydrogens is 430 g/mol. The van der Waals surface area contributed by atoms with Gasteiger partial charge in [0, 0.05) is 44.2 Å². The van der Waals surface area contributed by atoms with E-state index in [2.05, 4.69) is 10.1 Å². The Morgan fingerprint density at radius 3 is 2.82 bits per heavy atom. The Balaban J connectivity index is 1.28. The summed E-state index contributed by atoms with van der Waals surface area (Å²) in [5.74, 6) is 2.56. The molecule has 6 rings (SSSR count). The first-order valence-corrected chi connectivity index (χ1v) is 11.8. The molecule has 2 aliphatic rings. The number of amides is 1. The Morgan fingerprint density at radius 1 is 1.09 bits per heavy atom. The third kappa shape index (κ3) is 3.79. The van der Waals surface area contributed by atoms with E-state index in [1.807, 2.05) is 60.6 Å². The molecule has 1 unspecified atom stereocenters. The Bertz CT molecular complexity index is 1320. The molecule has 2 aromatic carbocycles. The highest BCUT2D eigenvalue weighted by Gasteiger charge is 2.30. The predicted octanol–water partition coefficient (Wildman–Crippen LogP) is 4.14. The van der Waals surface area contributed by atoms with Crippen molar-refractivity contribution in [2.24, 2.45) is 7.05 Å². The van der Waals surface area contributed by atoms with E-state index in [0.29, 0.717) is 36.8 Å². The third-order valence-electron chi connectivity index (χ3n) is 6.58. The SMILES string of the molecule is Cn1cc(C(=O)N2CCCC(c3nc4ccccc4[nH]3)C2)c(-c2ccc3c(c2)OCCCO3)n1. The molecule has 0 spiro atoms. The molecule has 1 saturated heterocycles. The summed E-state index contributed by atoms with van der Waals surface area (Å²) in [6.45, 7) is 2.61. The van der Waals surface area contributed by atoms with Crippen LogP contribution in [0.4, 0.5) is 0 Å². The average Bonchev–Trinajstić information content (AvgIpc) is 3.40. The number of nitrogens with one attached hydrogen (secondary N) is 1. The van der Waals surface area contributed by atoms with Crippen molar-refractivity contribution in [2.75, 3.05) is 26.3 Å². The van der Waals surface area contributed by atoms with E-state index in [1.54, 1.807) is 4.68 Å². The molecule has 4 heterocycles. The zero-order valence-corrected chi connectivity index (χ0v) is 19.2. The summed E-state index contributed by atoms with van der Waals surface area (Å²) in [5, 5.41) is 4.63. The number of aromatic nitrogens is 4. The van der Waals surface area contributed by atoms with Crippen molar-refractivity contribution >= 4 is 16.9 Å². The average molecular weight is 458 g/mol. The maximum atomic E-state index is 13.7. The number of H-pyrrole nitrogens is 1. The summed E-state index contributed by atoms with van der Waals surface area (Å²) in [4.78, 5) is 23.9. The number of hydrogen-bond acceptors (Lipinski definition) is 5. The van der Waals surface area contributed by atoms with Gasteiger partial charge in [-0.25, -0.2) is 4.98 Å². The predicted molar refractivity (Wildman–Crippen MR) is 128 cm³/mol. The van der Waals surface area contributed by atoms with Crippen LogP contribution in [-0.4, -0.2) is 56.9 Å². The fraction of sp³-hybridized carbons (Fsp3) is 0.346. The van der Waals surface area contributed by atoms with E-state index >= 15 is 0 Å². The normalized spacial score (nSPS) is 18.1. The van der Waals surface area contributed by atoms with Gasteiger partial charge in [-0.1, -0.05) is 12.1 Å². The first-order valence-electron chi connectivity index (χ1n) is 11.8. The standard InChI is InChI=1S/C26H27N5O3/c1-30-16-19(24(29-30)17-9-10-22-23(14-17)34-13-5-12-33-22)26(32)31-11-4-6-18(15-31)25-27-20-7-2-3-8-21(20)28-25/h2-3,7-10,14,16,18H,4-6,11-13,15H2,1H3,(H,27,28). The van der Waals surface area contributed by atoms with E-state index in [0.717, 1.165) is 54.0 Å². The van der Waals surface area contributed by atoms with Crippen LogP contribution < -0.4 is 9.47 Å². The Hall–Kier alpha value is -3.81. The summed E-state index contributed by atoms with van der Waals surface area (Å²) in [6, 6.07) is 13.8. The van der Waals surface area contributed by atoms with Gasteiger partial charge in [-0.2, -0.15) is 5.10 Å². The van der Waals surface area contributed by atoms with Crippen molar-refractivity contribution in [1.29, 1.82) is 0 Å². The summed E-state index contributed by atoms with van der Waals surface area (Å²) in [5.41, 5.74) is 4.10. The number of benzene rings is 2. The molecule has 8 heteroatoms. The van der Waals surface area contributed by atoms with Crippen LogP contribution in [0, 0.1) is 0 Å². The number of carbonyl (C=O) groups is 1. The van der Waals surface area contributed by atoms with Gasteiger partial charge in [-0.15, -0.1) is 0 Å². The third-order valence-corrected chi connectivity index (χ3v) is 6.58. The van der Waals surface area contributed by atoms with Crippen LogP contribution in [0.2, 0.25) is 0 Å². The van der Waals surface area contributed by atoms with Crippen molar-refractivity contribution in [1.82, 2.24) is 24.6 Å². The molecule has 2 aliphatic heterocycles. The number of carbonyl (C=O) groups excluding carboxylic acids is 1. The topological polar surface area (TPSA) is 85.3 Å². The van der Waals surface area contributed by atoms with Gasteiger partial charge in [0.25, 0.3) is 5.91 Å². The summed E-state index contributed by atoms with van der Waals surface area (Å²) in [6.07, 6.45) is 4.60. The minimum absolute atomic E-state index is 0.00368. The lowest BCUT2D eigenvalue weighted by molar-refractivity contribution is 0.0705. The highest BCUT2D eigenvalue weighted by Crippen LogP contribution is 2.35. The van der Waals surface area contributed by atoms with Crippen LogP contribution in [0.5, 0.6) is 11.5 Å². The highest BCUT2D eigenvalue weighted by atomic mass is 16.5. The maximum Gasteiger partial charge on any atom is 0.257 e. The molecule has 8 nitrogen and oxygen atoms in total. The molecule has 1 fully saturated rings. The molecule has 1 amide bonds. The van der Waals surface area contributed by atoms with Crippen molar-refractivity contribution < 1.29 is 14.3 Å². The van der Waals surface area contributed by atoms with Gasteiger partial charge in [-0.05, 0) is 43.2 Å². The lowest BCUT2D eigenvalue weighted by Crippen LogP contribution is -2.39. The summed E-state index contributed by atoms with van der Waals surface area (Å²) < 4.78 is 13.3. The van der Waals surface area contributed by atoms with Crippen LogP contribution in [-0.2, 0) is 7.05 Å². The largest absolute Gasteiger partial charge is 0.490 e. The lowest BCUT2D eigenvalue weighted by atomic mass is 9.96. The molecule has 0 aliphatic carbocycles. The Kier molecular flexibility index (Phi) is 5.20. The van der Waals surface area contributed by atoms with Crippen LogP contribution in [0.25, 0.3) is 22.3 Å². The van der Waals surface area contributed by atoms with Gasteiger partial charge in [0.2, 0.25) is 0 Å². The first-order chi connectivity index (χ1) is 16.7. The van der Waals surface area contributed by atoms with Crippen LogP contribution in [0.1, 0.15) is 41.4 Å². The van der Waals surface area contributed by atoms with Crippen molar-refractivity contribution in [3.05, 3.63) is 60.0 Å². The molecule has 0 saturated carbocycles. The van der Waals surface area contributed by atoms with Crippen molar-refractivity contribution in [3.8, 4) is 22.8 Å². The van der Waals surface area contributed by atoms with E-state index in [-0.39, 0.29) is 11.8 Å². The Labute approximate surface area is 197 Å². The Morgan fingerprint density at radius 2 is 1.94 bits per heavy atom. The number of piperidine rings is 1. The van der Waals surface area contributed by atoms with Crippen molar-refractivity contribution in [3.63, 3.8) is 0 Å². The van der Waals surface area contributed by atoms with E-state index < -0.39 is 0 Å². The molecule has 1 N–H and O–H groups in total. The molecule has 2 aromatic heterocycles. The fourth-order valence-corrected chi connectivity index (χ4v) is 4.89. The van der Waals surface area contributed by atoms with Gasteiger partial charge in [0.15, 0.2) is 11.5 Å². The zero-order chi connectivity index (χ0) is 23.1. The lowest BCUT2D eigenvalue weighted by Gasteiger charge is -2.31. The number of rotatable bonds is 3. The highest BCUT2D eigenvalue weighted by molar-refractivity contribution is 6.00. The monoisotopic (exact) mass is 457 g/mol. The zero-order valence-electron chi connectivity index (χ0n) is 19.2. The minimum atomic E-state index is -0.00368. The molecule has 174 valence electrons. The second-order valence-electron chi connectivity index (χ2n) is 9.01. The minimum Gasteiger partial charge on any atom is -0.490 e. The molecule has 4 aromatic rings. The van der Waals surface area contributed by atoms with Gasteiger partial charge >= 0.3 is 0 Å². The number of fused-ring (bicyclic) bond motifs is 2. The number of hydrogen-bond donors (Lipinski definition) is 1. The second kappa shape index (κ2) is 8.52. The van der Waals surface area contributed by atoms with E-state index in [9.17, 15) is 4.79 Å². The van der Waals surface area contributed by atoms with Gasteiger partial charge in [0.1, 0.15) is 11.5 Å². The van der Waals surface area contributed by atoms with E-state index in [4.69, 9.17) is 14.5 Å². The number of aromatic amines is 1. The van der Waals surface area contributed by atoms with Crippen LogP contribution in [0.15, 0.2) is 48.7 Å². The molecule has 0 bridgehead atoms. The number of nitrogens with zero attached hydrogens (tertiary/aromatic N) is 4. The first kappa shape index (κ1) is 20.8. The quantitative estimate of drug-likeness (QED) is 0.500. The number of likely N-dealkylation sites (tertiary alicyclic amines) is 1. The van der Waals surface area contributed by atoms with Crippen LogP contribution >= 0.6 is 0 Å². The number of para-hydroxylation sites is 2. The summed E-state index contributed by atoms with van der Waals surface area (Å²) in [7, 11) is 1.84. The van der Waals surface area contributed by atoms with Gasteiger partial charge < -0.3 is 19.4 Å². The van der Waals surface area contributed by atoms with Crippen molar-refractivity contribution in [2.45, 2.75) is 25.2 Å².